The molecule has 2 fully saturated rings. The number of carbonyl (C=O) groups excluding carboxylic acids is 2. The number of rotatable bonds is 6. The molecule has 6 heteroatoms. The second kappa shape index (κ2) is 10.1. The normalized spacial score (nSPS) is 18.8. The van der Waals surface area contributed by atoms with Crippen LogP contribution in [-0.2, 0) is 24.1 Å². The fourth-order valence-corrected chi connectivity index (χ4v) is 4.71. The first-order valence-electron chi connectivity index (χ1n) is 11.2. The van der Waals surface area contributed by atoms with E-state index in [1.165, 1.54) is 16.7 Å². The van der Waals surface area contributed by atoms with Crippen LogP contribution in [0, 0.1) is 0 Å². The van der Waals surface area contributed by atoms with Gasteiger partial charge in [0.05, 0.1) is 0 Å². The minimum atomic E-state index is -0.311. The molecule has 0 spiro atoms. The number of piperidine rings is 1. The minimum absolute atomic E-state index is 0.269. The lowest BCUT2D eigenvalue weighted by Gasteiger charge is -2.42. The van der Waals surface area contributed by atoms with Crippen LogP contribution < -0.4 is 5.73 Å². The highest BCUT2D eigenvalue weighted by atomic mass is 16.2. The van der Waals surface area contributed by atoms with Crippen LogP contribution in [0.2, 0.25) is 0 Å². The number of hydrogen-bond donors (Lipinski definition) is 1. The van der Waals surface area contributed by atoms with Crippen molar-refractivity contribution in [2.75, 3.05) is 39.3 Å². The zero-order chi connectivity index (χ0) is 20.8. The largest absolute Gasteiger partial charge is 0.351 e. The standard InChI is InChI=1S/C23H36N4O2/c1-3-19-7-5-18(17-20(19)4-2)6-8-22(28)26-15-13-25(14-16-26)21-9-11-27(12-10-21)23(24)29/h5,7,17,21H,3-4,6,8-16H2,1-2H3,(H2,24,29). The maximum absolute atomic E-state index is 12.7. The average Bonchev–Trinajstić information content (AvgIpc) is 2.77. The molecule has 0 radical (unpaired) electrons. The third kappa shape index (κ3) is 5.50. The first-order chi connectivity index (χ1) is 14.0. The SMILES string of the molecule is CCc1ccc(CCC(=O)N2CCN(C3CCN(C(N)=O)CC3)CC2)cc1CC. The monoisotopic (exact) mass is 400 g/mol. The van der Waals surface area contributed by atoms with Gasteiger partial charge in [0.2, 0.25) is 5.91 Å². The molecular formula is C23H36N4O2. The van der Waals surface area contributed by atoms with Crippen molar-refractivity contribution in [3.63, 3.8) is 0 Å². The highest BCUT2D eigenvalue weighted by Crippen LogP contribution is 2.19. The zero-order valence-electron chi connectivity index (χ0n) is 18.0. The van der Waals surface area contributed by atoms with Gasteiger partial charge in [-0.3, -0.25) is 9.69 Å². The van der Waals surface area contributed by atoms with Crippen LogP contribution in [0.4, 0.5) is 4.79 Å². The summed E-state index contributed by atoms with van der Waals surface area (Å²) in [5.74, 6) is 0.269. The van der Waals surface area contributed by atoms with Crippen molar-refractivity contribution in [2.45, 2.75) is 58.4 Å². The van der Waals surface area contributed by atoms with Gasteiger partial charge in [0.25, 0.3) is 0 Å². The van der Waals surface area contributed by atoms with Gasteiger partial charge in [-0.15, -0.1) is 0 Å². The molecule has 29 heavy (non-hydrogen) atoms. The van der Waals surface area contributed by atoms with Crippen LogP contribution in [0.1, 0.15) is 49.8 Å². The molecule has 1 aromatic carbocycles. The number of urea groups is 1. The fraction of sp³-hybridized carbons (Fsp3) is 0.652. The van der Waals surface area contributed by atoms with Crippen LogP contribution in [0.5, 0.6) is 0 Å². The summed E-state index contributed by atoms with van der Waals surface area (Å²) >= 11 is 0. The summed E-state index contributed by atoms with van der Waals surface area (Å²) < 4.78 is 0. The second-order valence-electron chi connectivity index (χ2n) is 8.28. The highest BCUT2D eigenvalue weighted by molar-refractivity contribution is 5.76. The van der Waals surface area contributed by atoms with Crippen molar-refractivity contribution in [1.82, 2.24) is 14.7 Å². The predicted molar refractivity (Wildman–Crippen MR) is 116 cm³/mol. The van der Waals surface area contributed by atoms with Gasteiger partial charge in [0.1, 0.15) is 0 Å². The molecule has 2 aliphatic rings. The van der Waals surface area contributed by atoms with E-state index in [-0.39, 0.29) is 11.9 Å². The molecule has 0 atom stereocenters. The number of primary amides is 1. The van der Waals surface area contributed by atoms with Crippen LogP contribution in [-0.4, -0.2) is 71.9 Å². The van der Waals surface area contributed by atoms with Gasteiger partial charge in [0.15, 0.2) is 0 Å². The van der Waals surface area contributed by atoms with Crippen LogP contribution in [0.3, 0.4) is 0 Å². The lowest BCUT2D eigenvalue weighted by Crippen LogP contribution is -2.55. The average molecular weight is 401 g/mol. The summed E-state index contributed by atoms with van der Waals surface area (Å²) in [6.07, 6.45) is 5.47. The number of amides is 3. The quantitative estimate of drug-likeness (QED) is 0.797. The third-order valence-corrected chi connectivity index (χ3v) is 6.62. The number of hydrogen-bond acceptors (Lipinski definition) is 3. The number of likely N-dealkylation sites (tertiary alicyclic amines) is 1. The molecule has 2 saturated heterocycles. The van der Waals surface area contributed by atoms with E-state index in [0.717, 1.165) is 71.4 Å². The summed E-state index contributed by atoms with van der Waals surface area (Å²) in [7, 11) is 0. The number of piperazine rings is 1. The molecule has 3 amide bonds. The van der Waals surface area contributed by atoms with Gasteiger partial charge >= 0.3 is 6.03 Å². The number of nitrogens with zero attached hydrogens (tertiary/aromatic N) is 3. The topological polar surface area (TPSA) is 69.9 Å². The van der Waals surface area contributed by atoms with Gasteiger partial charge in [0, 0.05) is 51.7 Å². The second-order valence-corrected chi connectivity index (χ2v) is 8.28. The Hall–Kier alpha value is -2.08. The first kappa shape index (κ1) is 21.6. The number of benzene rings is 1. The molecule has 6 nitrogen and oxygen atoms in total. The molecule has 0 saturated carbocycles. The Kier molecular flexibility index (Phi) is 7.53. The molecule has 160 valence electrons. The van der Waals surface area contributed by atoms with Crippen molar-refractivity contribution < 1.29 is 9.59 Å². The maximum atomic E-state index is 12.7. The minimum Gasteiger partial charge on any atom is -0.351 e. The Morgan fingerprint density at radius 2 is 1.59 bits per heavy atom. The van der Waals surface area contributed by atoms with Crippen molar-refractivity contribution in [3.8, 4) is 0 Å². The van der Waals surface area contributed by atoms with E-state index in [9.17, 15) is 9.59 Å². The predicted octanol–water partition coefficient (Wildman–Crippen LogP) is 2.43. The molecule has 2 heterocycles. The Bertz CT molecular complexity index is 705. The van der Waals surface area contributed by atoms with Crippen LogP contribution >= 0.6 is 0 Å². The fourth-order valence-electron chi connectivity index (χ4n) is 4.71. The van der Waals surface area contributed by atoms with Gasteiger partial charge < -0.3 is 15.5 Å². The lowest BCUT2D eigenvalue weighted by atomic mass is 9.98. The molecule has 0 aromatic heterocycles. The van der Waals surface area contributed by atoms with Crippen LogP contribution in [0.15, 0.2) is 18.2 Å². The van der Waals surface area contributed by atoms with Crippen molar-refractivity contribution in [1.29, 1.82) is 0 Å². The molecule has 0 aliphatic carbocycles. The summed E-state index contributed by atoms with van der Waals surface area (Å²) in [6, 6.07) is 6.88. The van der Waals surface area contributed by atoms with Gasteiger partial charge in [-0.25, -0.2) is 4.79 Å². The van der Waals surface area contributed by atoms with Gasteiger partial charge in [-0.1, -0.05) is 32.0 Å². The Morgan fingerprint density at radius 1 is 0.931 bits per heavy atom. The van der Waals surface area contributed by atoms with E-state index in [2.05, 4.69) is 36.9 Å². The van der Waals surface area contributed by atoms with E-state index in [1.54, 1.807) is 4.90 Å². The van der Waals surface area contributed by atoms with Crippen molar-refractivity contribution in [3.05, 3.63) is 34.9 Å². The maximum Gasteiger partial charge on any atom is 0.314 e. The number of aryl methyl sites for hydroxylation is 3. The summed E-state index contributed by atoms with van der Waals surface area (Å²) in [5, 5.41) is 0. The summed E-state index contributed by atoms with van der Waals surface area (Å²) in [6.45, 7) is 9.36. The zero-order valence-corrected chi connectivity index (χ0v) is 18.0. The Balaban J connectivity index is 1.43. The number of nitrogens with two attached hydrogens (primary N) is 1. The lowest BCUT2D eigenvalue weighted by molar-refractivity contribution is -0.133. The third-order valence-electron chi connectivity index (χ3n) is 6.62. The molecular weight excluding hydrogens is 364 g/mol. The Morgan fingerprint density at radius 3 is 2.17 bits per heavy atom. The van der Waals surface area contributed by atoms with Gasteiger partial charge in [-0.2, -0.15) is 0 Å². The number of carbonyl (C=O) groups is 2. The van der Waals surface area contributed by atoms with E-state index < -0.39 is 0 Å². The molecule has 0 unspecified atom stereocenters. The first-order valence-corrected chi connectivity index (χ1v) is 11.2. The van der Waals surface area contributed by atoms with E-state index >= 15 is 0 Å². The summed E-state index contributed by atoms with van der Waals surface area (Å²) in [5.41, 5.74) is 9.47. The van der Waals surface area contributed by atoms with Crippen molar-refractivity contribution >= 4 is 11.9 Å². The molecule has 1 aromatic rings. The molecule has 0 bridgehead atoms. The van der Waals surface area contributed by atoms with Gasteiger partial charge in [-0.05, 0) is 48.8 Å². The van der Waals surface area contributed by atoms with Crippen LogP contribution in [0.25, 0.3) is 0 Å². The van der Waals surface area contributed by atoms with E-state index in [1.807, 2.05) is 4.90 Å². The van der Waals surface area contributed by atoms with Crippen molar-refractivity contribution in [2.24, 2.45) is 5.73 Å². The molecule has 2 aliphatic heterocycles. The smallest absolute Gasteiger partial charge is 0.314 e. The highest BCUT2D eigenvalue weighted by Gasteiger charge is 2.29. The molecule has 2 N–H and O–H groups in total. The van der Waals surface area contributed by atoms with E-state index in [0.29, 0.717) is 12.5 Å². The Labute approximate surface area is 175 Å². The molecule has 3 rings (SSSR count). The summed E-state index contributed by atoms with van der Waals surface area (Å²) in [4.78, 5) is 30.2. The van der Waals surface area contributed by atoms with E-state index in [4.69, 9.17) is 5.73 Å².